The van der Waals surface area contributed by atoms with Gasteiger partial charge in [-0.05, 0) is 49.1 Å². The fourth-order valence-corrected chi connectivity index (χ4v) is 6.31. The molecule has 1 saturated carbocycles. The van der Waals surface area contributed by atoms with Gasteiger partial charge in [0.1, 0.15) is 29.9 Å². The number of aldehydes is 1. The van der Waals surface area contributed by atoms with Crippen molar-refractivity contribution in [2.75, 3.05) is 27.4 Å². The predicted molar refractivity (Wildman–Crippen MR) is 155 cm³/mol. The second kappa shape index (κ2) is 12.5. The molecular weight excluding hydrogens is 538 g/mol. The van der Waals surface area contributed by atoms with Crippen LogP contribution in [-0.2, 0) is 30.3 Å². The Morgan fingerprint density at radius 2 is 1.86 bits per heavy atom. The minimum absolute atomic E-state index is 0.0315. The zero-order chi connectivity index (χ0) is 30.0. The van der Waals surface area contributed by atoms with Crippen LogP contribution in [0.2, 0.25) is 0 Å². The van der Waals surface area contributed by atoms with E-state index < -0.39 is 29.4 Å². The molecule has 0 N–H and O–H groups in total. The highest BCUT2D eigenvalue weighted by Crippen LogP contribution is 2.41. The van der Waals surface area contributed by atoms with Gasteiger partial charge in [-0.3, -0.25) is 9.59 Å². The fourth-order valence-electron chi connectivity index (χ4n) is 6.31. The molecule has 3 heterocycles. The van der Waals surface area contributed by atoms with Gasteiger partial charge in [0.25, 0.3) is 0 Å². The normalized spacial score (nSPS) is 29.0. The van der Waals surface area contributed by atoms with E-state index in [2.05, 4.69) is 0 Å². The lowest BCUT2D eigenvalue weighted by atomic mass is 9.77. The van der Waals surface area contributed by atoms with Crippen molar-refractivity contribution >= 4 is 29.2 Å². The third-order valence-corrected chi connectivity index (χ3v) is 8.95. The van der Waals surface area contributed by atoms with Gasteiger partial charge in [-0.2, -0.15) is 0 Å². The fraction of sp³-hybridized carbons (Fsp3) is 0.656. The van der Waals surface area contributed by atoms with Crippen molar-refractivity contribution in [1.29, 1.82) is 0 Å². The van der Waals surface area contributed by atoms with Crippen LogP contribution in [0.5, 0.6) is 11.6 Å². The molecule has 1 aliphatic carbocycles. The molecule has 2 bridgehead atoms. The molecule has 2 fully saturated rings. The summed E-state index contributed by atoms with van der Waals surface area (Å²) in [6.07, 6.45) is 5.64. The molecule has 228 valence electrons. The number of carbonyl (C=O) groups excluding carboxylic acids is 3. The number of fused-ring (bicyclic) bond motifs is 5. The monoisotopic (exact) mass is 581 g/mol. The molecule has 3 aliphatic rings. The summed E-state index contributed by atoms with van der Waals surface area (Å²) >= 11 is 0. The molecule has 2 aliphatic heterocycles. The van der Waals surface area contributed by atoms with Crippen molar-refractivity contribution in [2.45, 2.75) is 84.0 Å². The van der Waals surface area contributed by atoms with E-state index in [-0.39, 0.29) is 37.6 Å². The van der Waals surface area contributed by atoms with Crippen LogP contribution in [-0.4, -0.2) is 78.7 Å². The number of carbonyl (C=O) groups is 3. The van der Waals surface area contributed by atoms with Gasteiger partial charge in [0, 0.05) is 19.1 Å². The number of benzene rings is 1. The minimum atomic E-state index is -0.768. The molecule has 5 rings (SSSR count). The summed E-state index contributed by atoms with van der Waals surface area (Å²) in [5.74, 6) is -0.251. The molecule has 6 atom stereocenters. The summed E-state index contributed by atoms with van der Waals surface area (Å²) in [5.41, 5.74) is 1.61. The van der Waals surface area contributed by atoms with E-state index >= 15 is 0 Å². The lowest BCUT2D eigenvalue weighted by Crippen LogP contribution is -2.46. The number of esters is 1. The maximum absolute atomic E-state index is 14.1. The largest absolute Gasteiger partial charge is 0.497 e. The minimum Gasteiger partial charge on any atom is -0.497 e. The number of methoxy groups -OCH3 is 2. The van der Waals surface area contributed by atoms with Gasteiger partial charge >= 0.3 is 5.97 Å². The highest BCUT2D eigenvalue weighted by molar-refractivity contribution is 5.87. The first kappa shape index (κ1) is 30.2. The SMILES string of the molecule is COC[C@@H]1[C@@H]2CN(C(=O)[C@H](C(C)(C)C)CC(=O)O[C@@H]3C[C@H]3CCCCCc3nc4ccc(OC)cc4nc3O2)[C@@H]1C=O. The van der Waals surface area contributed by atoms with E-state index in [0.29, 0.717) is 29.5 Å². The molecule has 0 unspecified atom stereocenters. The summed E-state index contributed by atoms with van der Waals surface area (Å²) < 4.78 is 23.3. The Morgan fingerprint density at radius 1 is 1.05 bits per heavy atom. The average Bonchev–Trinajstić information content (AvgIpc) is 3.59. The van der Waals surface area contributed by atoms with Crippen molar-refractivity contribution in [3.63, 3.8) is 0 Å². The van der Waals surface area contributed by atoms with Crippen LogP contribution < -0.4 is 9.47 Å². The highest BCUT2D eigenvalue weighted by atomic mass is 16.5. The van der Waals surface area contributed by atoms with E-state index in [4.69, 9.17) is 28.9 Å². The molecular formula is C32H43N3O7. The third kappa shape index (κ3) is 6.53. The maximum Gasteiger partial charge on any atom is 0.306 e. The van der Waals surface area contributed by atoms with Gasteiger partial charge in [-0.25, -0.2) is 9.97 Å². The summed E-state index contributed by atoms with van der Waals surface area (Å²) in [5, 5.41) is 0. The smallest absolute Gasteiger partial charge is 0.306 e. The Balaban J connectivity index is 1.52. The number of aromatic nitrogens is 2. The van der Waals surface area contributed by atoms with E-state index in [1.54, 1.807) is 19.1 Å². The second-order valence-electron chi connectivity index (χ2n) is 13.0. The van der Waals surface area contributed by atoms with Gasteiger partial charge in [-0.15, -0.1) is 0 Å². The second-order valence-corrected chi connectivity index (χ2v) is 13.0. The number of hydrogen-bond acceptors (Lipinski definition) is 9. The van der Waals surface area contributed by atoms with Crippen LogP contribution in [0.15, 0.2) is 18.2 Å². The van der Waals surface area contributed by atoms with Crippen molar-refractivity contribution in [1.82, 2.24) is 14.9 Å². The lowest BCUT2D eigenvalue weighted by Gasteiger charge is -2.34. The summed E-state index contributed by atoms with van der Waals surface area (Å²) in [7, 11) is 3.17. The molecule has 1 amide bonds. The summed E-state index contributed by atoms with van der Waals surface area (Å²) in [4.78, 5) is 51.0. The molecule has 0 spiro atoms. The Labute approximate surface area is 247 Å². The van der Waals surface area contributed by atoms with Crippen molar-refractivity contribution < 1.29 is 33.3 Å². The van der Waals surface area contributed by atoms with Crippen molar-refractivity contribution in [2.24, 2.45) is 23.2 Å². The van der Waals surface area contributed by atoms with E-state index in [1.807, 2.05) is 39.0 Å². The number of rotatable bonds is 4. The van der Waals surface area contributed by atoms with E-state index in [0.717, 1.165) is 49.6 Å². The lowest BCUT2D eigenvalue weighted by molar-refractivity contribution is -0.154. The molecule has 1 aromatic heterocycles. The predicted octanol–water partition coefficient (Wildman–Crippen LogP) is 4.16. The van der Waals surface area contributed by atoms with Crippen LogP contribution in [0.3, 0.4) is 0 Å². The molecule has 2 aromatic rings. The maximum atomic E-state index is 14.1. The Morgan fingerprint density at radius 3 is 2.57 bits per heavy atom. The number of ether oxygens (including phenoxy) is 4. The zero-order valence-electron chi connectivity index (χ0n) is 25.3. The van der Waals surface area contributed by atoms with Crippen LogP contribution >= 0.6 is 0 Å². The van der Waals surface area contributed by atoms with E-state index in [1.165, 1.54) is 0 Å². The summed E-state index contributed by atoms with van der Waals surface area (Å²) in [6.45, 7) is 6.19. The molecule has 10 heteroatoms. The third-order valence-electron chi connectivity index (χ3n) is 8.95. The summed E-state index contributed by atoms with van der Waals surface area (Å²) in [6, 6.07) is 4.80. The molecule has 0 radical (unpaired) electrons. The standard InChI is InChI=1S/C32H43N3O7/c1-32(2,3)22-15-29(37)41-27-13-19(27)9-7-6-8-10-24-30(34-25-14-20(40-5)11-12-23(25)33-24)42-28-16-35(31(22)38)26(17-36)21(28)18-39-4/h11-12,14,17,19,21-22,26-28H,6-10,13,15-16,18H2,1-5H3/t19-,21+,22-,26-,27-,28+/m1/s1. The van der Waals surface area contributed by atoms with Crippen LogP contribution in [0.4, 0.5) is 0 Å². The van der Waals surface area contributed by atoms with Crippen LogP contribution in [0.1, 0.15) is 65.0 Å². The Bertz CT molecular complexity index is 1310. The topological polar surface area (TPSA) is 117 Å². The van der Waals surface area contributed by atoms with Crippen LogP contribution in [0, 0.1) is 23.2 Å². The van der Waals surface area contributed by atoms with Gasteiger partial charge < -0.3 is 28.6 Å². The van der Waals surface area contributed by atoms with Crippen LogP contribution in [0.25, 0.3) is 11.0 Å². The average molecular weight is 582 g/mol. The molecule has 10 nitrogen and oxygen atoms in total. The molecule has 1 aromatic carbocycles. The number of aryl methyl sites for hydroxylation is 1. The highest BCUT2D eigenvalue weighted by Gasteiger charge is 2.49. The first-order valence-corrected chi connectivity index (χ1v) is 15.1. The van der Waals surface area contributed by atoms with Gasteiger partial charge in [0.15, 0.2) is 0 Å². The number of nitrogens with zero attached hydrogens (tertiary/aromatic N) is 3. The molecule has 42 heavy (non-hydrogen) atoms. The first-order valence-electron chi connectivity index (χ1n) is 15.1. The van der Waals surface area contributed by atoms with Gasteiger partial charge in [0.2, 0.25) is 11.8 Å². The zero-order valence-corrected chi connectivity index (χ0v) is 25.3. The molecule has 1 saturated heterocycles. The van der Waals surface area contributed by atoms with Gasteiger partial charge in [-0.1, -0.05) is 33.6 Å². The van der Waals surface area contributed by atoms with Crippen molar-refractivity contribution in [3.05, 3.63) is 23.9 Å². The van der Waals surface area contributed by atoms with Crippen molar-refractivity contribution in [3.8, 4) is 11.6 Å². The number of amides is 1. The Hall–Kier alpha value is -3.27. The first-order chi connectivity index (χ1) is 20.1. The number of hydrogen-bond donors (Lipinski definition) is 0. The van der Waals surface area contributed by atoms with E-state index in [9.17, 15) is 14.4 Å². The van der Waals surface area contributed by atoms with Gasteiger partial charge in [0.05, 0.1) is 49.7 Å². The Kier molecular flexibility index (Phi) is 9.01. The quantitative estimate of drug-likeness (QED) is 0.388.